The Labute approximate surface area is 171 Å². The molecule has 1 unspecified atom stereocenters. The number of nitrogens with one attached hydrogen (secondary N) is 1. The zero-order valence-corrected chi connectivity index (χ0v) is 16.4. The number of piperidine rings is 1. The van der Waals surface area contributed by atoms with E-state index in [1.54, 1.807) is 18.2 Å². The van der Waals surface area contributed by atoms with Crippen molar-refractivity contribution in [3.8, 4) is 17.5 Å². The number of carbonyl (C=O) groups excluding carboxylic acids is 1. The molecule has 2 amide bonds. The van der Waals surface area contributed by atoms with Gasteiger partial charge in [-0.15, -0.1) is 0 Å². The van der Waals surface area contributed by atoms with Gasteiger partial charge in [0.15, 0.2) is 5.69 Å². The largest absolute Gasteiger partial charge is 0.497 e. The van der Waals surface area contributed by atoms with Crippen molar-refractivity contribution >= 4 is 11.7 Å². The Morgan fingerprint density at radius 2 is 2.03 bits per heavy atom. The molecule has 3 rings (SSSR count). The number of urea groups is 1. The summed E-state index contributed by atoms with van der Waals surface area (Å²) < 4.78 is 54.3. The lowest BCUT2D eigenvalue weighted by Gasteiger charge is -2.32. The smallest absolute Gasteiger partial charge is 0.433 e. The number of methoxy groups -OCH3 is 2. The van der Waals surface area contributed by atoms with Crippen LogP contribution in [0, 0.1) is 0 Å². The van der Waals surface area contributed by atoms with Crippen LogP contribution >= 0.6 is 0 Å². The van der Waals surface area contributed by atoms with E-state index in [9.17, 15) is 18.0 Å². The lowest BCUT2D eigenvalue weighted by molar-refractivity contribution is -0.141. The first-order valence-electron chi connectivity index (χ1n) is 9.15. The molecule has 0 radical (unpaired) electrons. The molecule has 0 bridgehead atoms. The van der Waals surface area contributed by atoms with Gasteiger partial charge in [0, 0.05) is 18.8 Å². The van der Waals surface area contributed by atoms with Gasteiger partial charge in [-0.3, -0.25) is 0 Å². The van der Waals surface area contributed by atoms with Gasteiger partial charge >= 0.3 is 18.2 Å². The normalized spacial score (nSPS) is 16.7. The molecule has 1 aliphatic heterocycles. The first-order valence-corrected chi connectivity index (χ1v) is 9.15. The summed E-state index contributed by atoms with van der Waals surface area (Å²) in [7, 11) is 3.00. The number of alkyl halides is 3. The zero-order valence-electron chi connectivity index (χ0n) is 16.4. The first-order chi connectivity index (χ1) is 14.3. The molecule has 2 heterocycles. The molecule has 1 N–H and O–H groups in total. The third-order valence-electron chi connectivity index (χ3n) is 4.51. The third kappa shape index (κ3) is 5.22. The number of aromatic nitrogens is 2. The van der Waals surface area contributed by atoms with Crippen LogP contribution in [0.2, 0.25) is 0 Å². The second kappa shape index (κ2) is 9.06. The minimum absolute atomic E-state index is 0.184. The van der Waals surface area contributed by atoms with Crippen molar-refractivity contribution in [1.29, 1.82) is 0 Å². The highest BCUT2D eigenvalue weighted by molar-refractivity contribution is 5.91. The Kier molecular flexibility index (Phi) is 6.48. The number of halogens is 3. The maximum atomic E-state index is 12.8. The van der Waals surface area contributed by atoms with Gasteiger partial charge in [0.25, 0.3) is 0 Å². The number of benzene rings is 1. The second-order valence-electron chi connectivity index (χ2n) is 6.55. The summed E-state index contributed by atoms with van der Waals surface area (Å²) in [5.74, 6) is 1.02. The maximum absolute atomic E-state index is 12.8. The van der Waals surface area contributed by atoms with Crippen LogP contribution in [0.5, 0.6) is 17.5 Å². The van der Waals surface area contributed by atoms with Crippen LogP contribution in [0.15, 0.2) is 30.5 Å². The predicted octanol–water partition coefficient (Wildman–Crippen LogP) is 3.59. The van der Waals surface area contributed by atoms with Gasteiger partial charge < -0.3 is 24.4 Å². The summed E-state index contributed by atoms with van der Waals surface area (Å²) in [6.45, 7) is 0.664. The van der Waals surface area contributed by atoms with Crippen molar-refractivity contribution < 1.29 is 32.2 Å². The molecule has 2 aromatic rings. The van der Waals surface area contributed by atoms with E-state index in [4.69, 9.17) is 14.2 Å². The molecule has 1 atom stereocenters. The molecule has 1 aliphatic rings. The zero-order chi connectivity index (χ0) is 21.7. The first kappa shape index (κ1) is 21.5. The fraction of sp³-hybridized carbons (Fsp3) is 0.421. The van der Waals surface area contributed by atoms with Gasteiger partial charge in [-0.25, -0.2) is 9.78 Å². The number of anilines is 1. The van der Waals surface area contributed by atoms with E-state index < -0.39 is 18.0 Å². The Balaban J connectivity index is 1.64. The van der Waals surface area contributed by atoms with Gasteiger partial charge in [0.05, 0.1) is 26.5 Å². The van der Waals surface area contributed by atoms with E-state index in [2.05, 4.69) is 15.3 Å². The summed E-state index contributed by atoms with van der Waals surface area (Å²) in [4.78, 5) is 21.3. The van der Waals surface area contributed by atoms with Crippen molar-refractivity contribution in [2.45, 2.75) is 25.1 Å². The lowest BCUT2D eigenvalue weighted by atomic mass is 10.1. The molecule has 0 saturated carbocycles. The van der Waals surface area contributed by atoms with Crippen molar-refractivity contribution in [3.63, 3.8) is 0 Å². The maximum Gasteiger partial charge on any atom is 0.433 e. The molecule has 1 aromatic heterocycles. The Bertz CT molecular complexity index is 894. The molecule has 1 aromatic carbocycles. The predicted molar refractivity (Wildman–Crippen MR) is 101 cm³/mol. The van der Waals surface area contributed by atoms with Gasteiger partial charge in [-0.2, -0.15) is 18.2 Å². The topological polar surface area (TPSA) is 85.8 Å². The van der Waals surface area contributed by atoms with Crippen LogP contribution in [0.4, 0.5) is 23.7 Å². The highest BCUT2D eigenvalue weighted by Gasteiger charge is 2.33. The SMILES string of the molecule is COc1ccc(NC(=O)N2CCCC(Oc3nccc(C(F)(F)F)n3)C2)c(OC)c1. The minimum atomic E-state index is -4.59. The van der Waals surface area contributed by atoms with Crippen LogP contribution in [0.1, 0.15) is 18.5 Å². The van der Waals surface area contributed by atoms with Crippen molar-refractivity contribution in [2.75, 3.05) is 32.6 Å². The summed E-state index contributed by atoms with van der Waals surface area (Å²) in [5.41, 5.74) is -0.614. The second-order valence-corrected chi connectivity index (χ2v) is 6.55. The molecule has 0 aliphatic carbocycles. The van der Waals surface area contributed by atoms with Crippen molar-refractivity contribution in [2.24, 2.45) is 0 Å². The van der Waals surface area contributed by atoms with Gasteiger partial charge in [0.2, 0.25) is 0 Å². The van der Waals surface area contributed by atoms with Crippen LogP contribution in [-0.4, -0.2) is 54.3 Å². The molecule has 11 heteroatoms. The summed E-state index contributed by atoms with van der Waals surface area (Å²) >= 11 is 0. The molecular weight excluding hydrogens is 405 g/mol. The van der Waals surface area contributed by atoms with E-state index in [1.807, 2.05) is 0 Å². The molecule has 162 valence electrons. The number of hydrogen-bond acceptors (Lipinski definition) is 6. The summed E-state index contributed by atoms with van der Waals surface area (Å²) in [5, 5.41) is 2.77. The van der Waals surface area contributed by atoms with E-state index in [1.165, 1.54) is 19.1 Å². The van der Waals surface area contributed by atoms with E-state index in [-0.39, 0.29) is 18.6 Å². The Morgan fingerprint density at radius 1 is 1.23 bits per heavy atom. The van der Waals surface area contributed by atoms with Gasteiger partial charge in [-0.1, -0.05) is 0 Å². The third-order valence-corrected chi connectivity index (χ3v) is 4.51. The number of nitrogens with zero attached hydrogens (tertiary/aromatic N) is 3. The van der Waals surface area contributed by atoms with E-state index in [0.717, 1.165) is 12.3 Å². The number of hydrogen-bond donors (Lipinski definition) is 1. The number of rotatable bonds is 5. The number of carbonyl (C=O) groups is 1. The average molecular weight is 426 g/mol. The standard InChI is InChI=1S/C19H21F3N4O4/c1-28-12-5-6-14(15(10-12)29-2)24-18(27)26-9-3-4-13(11-26)30-17-23-8-7-16(25-17)19(20,21)22/h5-8,10,13H,3-4,9,11H2,1-2H3,(H,24,27). The van der Waals surface area contributed by atoms with Crippen LogP contribution in [-0.2, 0) is 6.18 Å². The van der Waals surface area contributed by atoms with Crippen molar-refractivity contribution in [1.82, 2.24) is 14.9 Å². The molecule has 0 spiro atoms. The number of amides is 2. The minimum Gasteiger partial charge on any atom is -0.497 e. The fourth-order valence-corrected chi connectivity index (χ4v) is 3.02. The van der Waals surface area contributed by atoms with Crippen LogP contribution in [0.3, 0.4) is 0 Å². The monoisotopic (exact) mass is 426 g/mol. The fourth-order valence-electron chi connectivity index (χ4n) is 3.02. The highest BCUT2D eigenvalue weighted by Crippen LogP contribution is 2.30. The van der Waals surface area contributed by atoms with Crippen LogP contribution < -0.4 is 19.5 Å². The Hall–Kier alpha value is -3.24. The molecule has 1 saturated heterocycles. The molecule has 8 nitrogen and oxygen atoms in total. The molecular formula is C19H21F3N4O4. The lowest BCUT2D eigenvalue weighted by Crippen LogP contribution is -2.46. The van der Waals surface area contributed by atoms with Crippen LogP contribution in [0.25, 0.3) is 0 Å². The quantitative estimate of drug-likeness (QED) is 0.787. The summed E-state index contributed by atoms with van der Waals surface area (Å²) in [6.07, 6.45) is -2.93. The highest BCUT2D eigenvalue weighted by atomic mass is 19.4. The van der Waals surface area contributed by atoms with Gasteiger partial charge in [-0.05, 0) is 31.0 Å². The average Bonchev–Trinajstić information content (AvgIpc) is 2.73. The number of ether oxygens (including phenoxy) is 3. The molecule has 1 fully saturated rings. The van der Waals surface area contributed by atoms with E-state index >= 15 is 0 Å². The van der Waals surface area contributed by atoms with Gasteiger partial charge in [0.1, 0.15) is 17.6 Å². The molecule has 30 heavy (non-hydrogen) atoms. The Morgan fingerprint density at radius 3 is 2.73 bits per heavy atom. The summed E-state index contributed by atoms with van der Waals surface area (Å²) in [6, 6.07) is 5.01. The number of likely N-dealkylation sites (tertiary alicyclic amines) is 1. The van der Waals surface area contributed by atoms with E-state index in [0.29, 0.717) is 36.6 Å². The van der Waals surface area contributed by atoms with Crippen molar-refractivity contribution in [3.05, 3.63) is 36.2 Å².